The van der Waals surface area contributed by atoms with Crippen molar-refractivity contribution < 1.29 is 46.1 Å². The van der Waals surface area contributed by atoms with Crippen LogP contribution in [0.1, 0.15) is 119 Å². The second-order valence-corrected chi connectivity index (χ2v) is 25.8. The number of aryl methyl sites for hydroxylation is 2. The fourth-order valence-electron chi connectivity index (χ4n) is 10.0. The summed E-state index contributed by atoms with van der Waals surface area (Å²) in [7, 11) is 0. The Morgan fingerprint density at radius 3 is 1.60 bits per heavy atom. The maximum Gasteiger partial charge on any atom is -1.00 e. The monoisotopic (exact) mass is 932 g/mol. The Bertz CT molecular complexity index is 2570. The Labute approximate surface area is 394 Å². The van der Waals surface area contributed by atoms with Gasteiger partial charge in [-0.1, -0.05) is 0 Å². The summed E-state index contributed by atoms with van der Waals surface area (Å²) in [6.45, 7) is 19.3. The van der Waals surface area contributed by atoms with E-state index in [1.165, 1.54) is 66.8 Å². The van der Waals surface area contributed by atoms with Gasteiger partial charge in [-0.3, -0.25) is 0 Å². The van der Waals surface area contributed by atoms with Crippen LogP contribution in [0.5, 0.6) is 0 Å². The Morgan fingerprint density at radius 1 is 0.548 bits per heavy atom. The molecule has 0 fully saturated rings. The van der Waals surface area contributed by atoms with Gasteiger partial charge in [-0.2, -0.15) is 0 Å². The molecule has 0 N–H and O–H groups in total. The number of halogens is 2. The van der Waals surface area contributed by atoms with Crippen LogP contribution >= 0.6 is 0 Å². The summed E-state index contributed by atoms with van der Waals surface area (Å²) in [6.07, 6.45) is 15.9. The molecule has 62 heavy (non-hydrogen) atoms. The molecule has 6 aromatic carbocycles. The minimum Gasteiger partial charge on any atom is -1.00 e. The average Bonchev–Trinajstić information content (AvgIpc) is 3.89. The van der Waals surface area contributed by atoms with Gasteiger partial charge in [0, 0.05) is 0 Å². The van der Waals surface area contributed by atoms with Crippen molar-refractivity contribution in [1.82, 2.24) is 0 Å². The van der Waals surface area contributed by atoms with Crippen LogP contribution in [-0.2, 0) is 64.2 Å². The molecule has 0 spiro atoms. The third-order valence-corrected chi connectivity index (χ3v) is 20.5. The molecule has 0 radical (unpaired) electrons. The predicted octanol–water partition coefficient (Wildman–Crippen LogP) is 8.84. The van der Waals surface area contributed by atoms with Crippen LogP contribution in [-0.4, -0.2) is 3.21 Å². The summed E-state index contributed by atoms with van der Waals surface area (Å²) in [4.78, 5) is 0. The van der Waals surface area contributed by atoms with Gasteiger partial charge in [0.15, 0.2) is 0 Å². The molecule has 2 aliphatic carbocycles. The molecule has 6 aromatic rings. The molecule has 3 heteroatoms. The van der Waals surface area contributed by atoms with E-state index < -0.39 is 21.3 Å². The first kappa shape index (κ1) is 47.6. The molecule has 318 valence electrons. The first-order valence-electron chi connectivity index (χ1n) is 22.7. The zero-order valence-corrected chi connectivity index (χ0v) is 42.2. The van der Waals surface area contributed by atoms with Crippen LogP contribution in [0, 0.1) is 0 Å². The van der Waals surface area contributed by atoms with Crippen LogP contribution in [0.2, 0.25) is 0 Å². The van der Waals surface area contributed by atoms with E-state index >= 15 is 0 Å². The molecule has 0 heterocycles. The second kappa shape index (κ2) is 20.3. The summed E-state index contributed by atoms with van der Waals surface area (Å²) in [5.74, 6) is 0. The van der Waals surface area contributed by atoms with Crippen LogP contribution in [0.3, 0.4) is 0 Å². The summed E-state index contributed by atoms with van der Waals surface area (Å²) in [6, 6.07) is 49.4. The SMILES string of the molecule is CCCc1ccccc1-c1cc2c(cc1C(C)(C)C)-c1cc(C(C)(C)C)c(-c3ccccc3CCC)[c]([Zr+2]([C]3=CC=CC3)=[C](Cc3ccccc3)Cc3ccccc3)c1C2.[Cl-].[Cl-]. The summed E-state index contributed by atoms with van der Waals surface area (Å²) < 4.78 is 5.22. The Balaban J connectivity index is 0.00000321. The first-order chi connectivity index (χ1) is 29.0. The zero-order chi connectivity index (χ0) is 42.0. The van der Waals surface area contributed by atoms with Gasteiger partial charge in [0.2, 0.25) is 0 Å². The van der Waals surface area contributed by atoms with Crippen molar-refractivity contribution in [2.24, 2.45) is 0 Å². The van der Waals surface area contributed by atoms with E-state index in [0.29, 0.717) is 0 Å². The van der Waals surface area contributed by atoms with Gasteiger partial charge in [-0.15, -0.1) is 0 Å². The summed E-state index contributed by atoms with van der Waals surface area (Å²) in [5, 5.41) is 0. The third kappa shape index (κ3) is 9.92. The van der Waals surface area contributed by atoms with Gasteiger partial charge in [0.05, 0.1) is 0 Å². The molecule has 0 aromatic heterocycles. The van der Waals surface area contributed by atoms with Crippen LogP contribution in [0.25, 0.3) is 33.4 Å². The molecular formula is C59H64Cl2Zr. The van der Waals surface area contributed by atoms with Gasteiger partial charge in [0.25, 0.3) is 0 Å². The van der Waals surface area contributed by atoms with Crippen molar-refractivity contribution >= 4 is 6.48 Å². The summed E-state index contributed by atoms with van der Waals surface area (Å²) in [5.41, 5.74) is 20.6. The topological polar surface area (TPSA) is 0 Å². The molecule has 0 bridgehead atoms. The zero-order valence-electron chi connectivity index (χ0n) is 38.3. The van der Waals surface area contributed by atoms with Crippen molar-refractivity contribution in [1.29, 1.82) is 0 Å². The quantitative estimate of drug-likeness (QED) is 0.115. The normalized spacial score (nSPS) is 12.7. The van der Waals surface area contributed by atoms with E-state index in [9.17, 15) is 0 Å². The largest absolute Gasteiger partial charge is 1.00 e. The molecule has 0 atom stereocenters. The first-order valence-corrected chi connectivity index (χ1v) is 26.4. The van der Waals surface area contributed by atoms with E-state index in [1.54, 1.807) is 20.9 Å². The molecule has 0 saturated heterocycles. The van der Waals surface area contributed by atoms with Crippen molar-refractivity contribution in [3.63, 3.8) is 0 Å². The summed E-state index contributed by atoms with van der Waals surface area (Å²) >= 11 is -2.95. The van der Waals surface area contributed by atoms with E-state index in [1.807, 2.05) is 0 Å². The number of hydrogen-bond acceptors (Lipinski definition) is 0. The number of benzene rings is 6. The maximum absolute atomic E-state index is 2.95. The van der Waals surface area contributed by atoms with E-state index in [-0.39, 0.29) is 35.6 Å². The van der Waals surface area contributed by atoms with Gasteiger partial charge >= 0.3 is 372 Å². The number of allylic oxidation sites excluding steroid dienone is 4. The molecule has 0 aliphatic heterocycles. The van der Waals surface area contributed by atoms with Crippen molar-refractivity contribution in [2.75, 3.05) is 0 Å². The van der Waals surface area contributed by atoms with Crippen molar-refractivity contribution in [3.05, 3.63) is 193 Å². The Kier molecular flexibility index (Phi) is 15.6. The minimum atomic E-state index is -2.95. The average molecular weight is 935 g/mol. The maximum atomic E-state index is 2.68. The Morgan fingerprint density at radius 2 is 1.06 bits per heavy atom. The van der Waals surface area contributed by atoms with Gasteiger partial charge in [-0.25, -0.2) is 0 Å². The number of hydrogen-bond donors (Lipinski definition) is 0. The molecule has 0 nitrogen and oxygen atoms in total. The minimum absolute atomic E-state index is 0. The van der Waals surface area contributed by atoms with Crippen LogP contribution in [0.4, 0.5) is 0 Å². The Hall–Kier alpha value is -3.87. The third-order valence-electron chi connectivity index (χ3n) is 12.8. The fourth-order valence-corrected chi connectivity index (χ4v) is 18.7. The van der Waals surface area contributed by atoms with E-state index in [0.717, 1.165) is 51.4 Å². The molecule has 0 unspecified atom stereocenters. The van der Waals surface area contributed by atoms with Gasteiger partial charge in [0.1, 0.15) is 0 Å². The van der Waals surface area contributed by atoms with Crippen molar-refractivity contribution in [3.8, 4) is 33.4 Å². The number of rotatable bonds is 12. The van der Waals surface area contributed by atoms with Gasteiger partial charge in [-0.05, 0) is 0 Å². The van der Waals surface area contributed by atoms with E-state index in [2.05, 4.69) is 201 Å². The van der Waals surface area contributed by atoms with E-state index in [4.69, 9.17) is 0 Å². The molecule has 2 aliphatic rings. The predicted molar refractivity (Wildman–Crippen MR) is 258 cm³/mol. The fraction of sp³-hybridized carbons (Fsp3) is 0.305. The van der Waals surface area contributed by atoms with Crippen molar-refractivity contribution in [2.45, 2.75) is 118 Å². The standard InChI is InChI=1S/C39H45.C15H14.C5H5.2ClH.Zr/c1-9-15-26-17-11-13-19-30(26)34-22-28-21-29-23-35(31-20-14-12-18-27(31)16-10-2)37(39(6,7)8)25-33(29)32(28)24-36(34)38(3,4)5;1-3-8-14(9-4-1)12-7-13-15-10-5-2-6-11-15;1-2-4-5-3-1;;;/h11-14,17-20,22,24-25H,9-10,15-16,21H2,1-8H3;1-6,8-11H,12-13H2;1-3H,4H2;2*1H;/q;;;;;+2/p-2. The van der Waals surface area contributed by atoms with Crippen LogP contribution in [0.15, 0.2) is 149 Å². The number of fused-ring (bicyclic) bond motifs is 3. The second-order valence-electron chi connectivity index (χ2n) is 19.4. The molecule has 0 amide bonds. The van der Waals surface area contributed by atoms with Gasteiger partial charge < -0.3 is 24.8 Å². The van der Waals surface area contributed by atoms with Crippen LogP contribution < -0.4 is 28.1 Å². The molecule has 8 rings (SSSR count). The molecular weight excluding hydrogens is 871 g/mol. The molecule has 0 saturated carbocycles. The smallest absolute Gasteiger partial charge is 1.00 e.